The van der Waals surface area contributed by atoms with Crippen molar-refractivity contribution in [3.8, 4) is 0 Å². The lowest BCUT2D eigenvalue weighted by Crippen LogP contribution is -1.99. The summed E-state index contributed by atoms with van der Waals surface area (Å²) < 4.78 is 22.1. The number of nitrogens with one attached hydrogen (secondary N) is 1. The Kier molecular flexibility index (Phi) is 2.66. The van der Waals surface area contributed by atoms with Crippen LogP contribution in [0.1, 0.15) is 0 Å². The van der Waals surface area contributed by atoms with Crippen LogP contribution in [0.3, 0.4) is 0 Å². The van der Waals surface area contributed by atoms with Crippen molar-refractivity contribution in [1.29, 1.82) is 0 Å². The number of benzene rings is 1. The minimum atomic E-state index is -3.30. The lowest BCUT2D eigenvalue weighted by atomic mass is 10.3. The first-order valence-electron chi connectivity index (χ1n) is 3.82. The molecule has 1 unspecified atom stereocenters. The summed E-state index contributed by atoms with van der Waals surface area (Å²) in [6.07, 6.45) is 0. The van der Waals surface area contributed by atoms with Gasteiger partial charge < -0.3 is 9.54 Å². The summed E-state index contributed by atoms with van der Waals surface area (Å²) in [5.41, 5.74) is 1.29. The van der Waals surface area contributed by atoms with Gasteiger partial charge in [-0.1, -0.05) is 15.9 Å². The standard InChI is InChI=1S/C8H6Br2N2O2S/c1-15(13,14)8-11-6-3-4(9)2-5(10)7(6)12-8/h2-3H,1H2,(H,11,12)(H,13,14). The van der Waals surface area contributed by atoms with Gasteiger partial charge in [0.1, 0.15) is 15.3 Å². The average molecular weight is 354 g/mol. The Balaban J connectivity index is 2.82. The predicted molar refractivity (Wildman–Crippen MR) is 67.7 cm³/mol. The summed E-state index contributed by atoms with van der Waals surface area (Å²) in [6.45, 7) is 0. The smallest absolute Gasteiger partial charge is 0.214 e. The molecule has 0 saturated heterocycles. The zero-order valence-electron chi connectivity index (χ0n) is 7.33. The van der Waals surface area contributed by atoms with E-state index >= 15 is 0 Å². The third-order valence-electron chi connectivity index (χ3n) is 1.79. The van der Waals surface area contributed by atoms with Gasteiger partial charge in [0.2, 0.25) is 5.16 Å². The largest absolute Gasteiger partial charge is 0.329 e. The number of hydrogen-bond donors (Lipinski definition) is 2. The van der Waals surface area contributed by atoms with Crippen molar-refractivity contribution in [2.24, 2.45) is 0 Å². The van der Waals surface area contributed by atoms with Crippen molar-refractivity contribution < 1.29 is 8.76 Å². The number of hydrogen-bond acceptors (Lipinski definition) is 2. The van der Waals surface area contributed by atoms with E-state index in [0.29, 0.717) is 11.0 Å². The third kappa shape index (κ3) is 2.10. The SMILES string of the molecule is C=S(=O)(O)c1nc2c(Br)cc(Br)cc2[nH]1. The van der Waals surface area contributed by atoms with Gasteiger partial charge in [0.05, 0.1) is 5.52 Å². The van der Waals surface area contributed by atoms with Gasteiger partial charge in [0.25, 0.3) is 0 Å². The topological polar surface area (TPSA) is 66.0 Å². The van der Waals surface area contributed by atoms with Gasteiger partial charge in [-0.3, -0.25) is 0 Å². The normalized spacial score (nSPS) is 15.4. The highest BCUT2D eigenvalue weighted by Gasteiger charge is 2.12. The highest BCUT2D eigenvalue weighted by Crippen LogP contribution is 2.27. The van der Waals surface area contributed by atoms with Crippen LogP contribution in [0.5, 0.6) is 0 Å². The number of aromatic nitrogens is 2. The summed E-state index contributed by atoms with van der Waals surface area (Å²) in [7, 11) is -3.30. The van der Waals surface area contributed by atoms with Crippen LogP contribution in [0.4, 0.5) is 0 Å². The summed E-state index contributed by atoms with van der Waals surface area (Å²) in [5.74, 6) is 3.15. The van der Waals surface area contributed by atoms with Crippen LogP contribution in [-0.2, 0) is 9.80 Å². The van der Waals surface area contributed by atoms with Crippen molar-refractivity contribution in [3.05, 3.63) is 21.1 Å². The molecule has 1 atom stereocenters. The fraction of sp³-hybridized carbons (Fsp3) is 0. The third-order valence-corrected chi connectivity index (χ3v) is 3.65. The molecule has 15 heavy (non-hydrogen) atoms. The van der Waals surface area contributed by atoms with Crippen molar-refractivity contribution in [2.45, 2.75) is 5.16 Å². The fourth-order valence-corrected chi connectivity index (χ4v) is 2.99. The Bertz CT molecular complexity index is 633. The summed E-state index contributed by atoms with van der Waals surface area (Å²) >= 11 is 6.64. The molecule has 7 heteroatoms. The molecule has 0 bridgehead atoms. The minimum absolute atomic E-state index is 0.0173. The molecule has 2 aromatic rings. The van der Waals surface area contributed by atoms with Gasteiger partial charge in [-0.15, -0.1) is 0 Å². The quantitative estimate of drug-likeness (QED) is 0.774. The second-order valence-corrected chi connectivity index (χ2v) is 6.40. The van der Waals surface area contributed by atoms with Crippen LogP contribution in [-0.4, -0.2) is 24.6 Å². The molecule has 0 aliphatic heterocycles. The van der Waals surface area contributed by atoms with Gasteiger partial charge in [-0.05, 0) is 33.9 Å². The zero-order valence-corrected chi connectivity index (χ0v) is 11.3. The monoisotopic (exact) mass is 352 g/mol. The van der Waals surface area contributed by atoms with Crippen molar-refractivity contribution >= 4 is 58.6 Å². The Morgan fingerprint density at radius 3 is 2.73 bits per heavy atom. The van der Waals surface area contributed by atoms with Gasteiger partial charge >= 0.3 is 0 Å². The lowest BCUT2D eigenvalue weighted by molar-refractivity contribution is 0.553. The number of halogens is 2. The van der Waals surface area contributed by atoms with E-state index in [4.69, 9.17) is 0 Å². The first-order chi connectivity index (χ1) is 6.88. The maximum absolute atomic E-state index is 11.3. The number of fused-ring (bicyclic) bond motifs is 1. The van der Waals surface area contributed by atoms with Crippen LogP contribution in [0.15, 0.2) is 26.2 Å². The molecule has 4 nitrogen and oxygen atoms in total. The zero-order chi connectivity index (χ0) is 11.2. The second-order valence-electron chi connectivity index (χ2n) is 2.97. The molecule has 0 spiro atoms. The van der Waals surface area contributed by atoms with Crippen LogP contribution >= 0.6 is 31.9 Å². The number of nitrogens with zero attached hydrogens (tertiary/aromatic N) is 1. The van der Waals surface area contributed by atoms with Crippen LogP contribution in [0, 0.1) is 0 Å². The predicted octanol–water partition coefficient (Wildman–Crippen LogP) is 2.64. The second kappa shape index (κ2) is 3.58. The van der Waals surface area contributed by atoms with E-state index in [1.54, 1.807) is 6.07 Å². The Labute approximate surface area is 103 Å². The first-order valence-corrected chi connectivity index (χ1v) is 7.09. The van der Waals surface area contributed by atoms with E-state index in [2.05, 4.69) is 47.7 Å². The van der Waals surface area contributed by atoms with Gasteiger partial charge in [-0.25, -0.2) is 9.19 Å². The minimum Gasteiger partial charge on any atom is -0.329 e. The molecular formula is C8H6Br2N2O2S. The molecule has 0 radical (unpaired) electrons. The van der Waals surface area contributed by atoms with Crippen LogP contribution in [0.2, 0.25) is 0 Å². The summed E-state index contributed by atoms with van der Waals surface area (Å²) in [5, 5.41) is -0.0173. The highest BCUT2D eigenvalue weighted by atomic mass is 79.9. The Hall–Kier alpha value is -0.370. The molecular weight excluding hydrogens is 348 g/mol. The van der Waals surface area contributed by atoms with Gasteiger partial charge in [0.15, 0.2) is 0 Å². The average Bonchev–Trinajstić information content (AvgIpc) is 2.46. The maximum Gasteiger partial charge on any atom is 0.214 e. The molecule has 0 aliphatic rings. The van der Waals surface area contributed by atoms with Crippen molar-refractivity contribution in [1.82, 2.24) is 9.97 Å². The molecule has 2 rings (SSSR count). The van der Waals surface area contributed by atoms with Crippen molar-refractivity contribution in [3.63, 3.8) is 0 Å². The van der Waals surface area contributed by atoms with E-state index in [-0.39, 0.29) is 5.16 Å². The van der Waals surface area contributed by atoms with Crippen LogP contribution < -0.4 is 0 Å². The number of imidazole rings is 1. The van der Waals surface area contributed by atoms with Gasteiger partial charge in [0, 0.05) is 8.95 Å². The molecule has 80 valence electrons. The molecule has 2 N–H and O–H groups in total. The highest BCUT2D eigenvalue weighted by molar-refractivity contribution is 9.11. The van der Waals surface area contributed by atoms with Crippen LogP contribution in [0.25, 0.3) is 11.0 Å². The van der Waals surface area contributed by atoms with E-state index < -0.39 is 9.80 Å². The summed E-state index contributed by atoms with van der Waals surface area (Å²) in [6, 6.07) is 3.59. The molecule has 1 aromatic carbocycles. The molecule has 1 heterocycles. The Morgan fingerprint density at radius 1 is 1.47 bits per heavy atom. The van der Waals surface area contributed by atoms with E-state index in [1.807, 2.05) is 6.07 Å². The molecule has 0 aliphatic carbocycles. The van der Waals surface area contributed by atoms with Crippen molar-refractivity contribution in [2.75, 3.05) is 0 Å². The molecule has 0 saturated carbocycles. The fourth-order valence-electron chi connectivity index (χ4n) is 1.17. The number of aromatic amines is 1. The number of H-pyrrole nitrogens is 1. The Morgan fingerprint density at radius 2 is 2.13 bits per heavy atom. The van der Waals surface area contributed by atoms with E-state index in [9.17, 15) is 8.76 Å². The van der Waals surface area contributed by atoms with Gasteiger partial charge in [-0.2, -0.15) is 0 Å². The first kappa shape index (κ1) is 11.1. The lowest BCUT2D eigenvalue weighted by Gasteiger charge is -1.93. The van der Waals surface area contributed by atoms with E-state index in [0.717, 1.165) is 8.95 Å². The maximum atomic E-state index is 11.3. The van der Waals surface area contributed by atoms with E-state index in [1.165, 1.54) is 0 Å². The molecule has 0 fully saturated rings. The molecule has 1 aromatic heterocycles. The number of rotatable bonds is 1. The summed E-state index contributed by atoms with van der Waals surface area (Å²) in [4.78, 5) is 6.77. The molecule has 0 amide bonds.